The Hall–Kier alpha value is -3.37. The number of nitrogens with zero attached hydrogens (tertiary/aromatic N) is 2. The Labute approximate surface area is 160 Å². The first-order valence-electron chi connectivity index (χ1n) is 8.05. The van der Waals surface area contributed by atoms with Gasteiger partial charge in [0, 0.05) is 10.6 Å². The van der Waals surface area contributed by atoms with Crippen molar-refractivity contribution < 1.29 is 14.4 Å². The van der Waals surface area contributed by atoms with Crippen molar-refractivity contribution >= 4 is 35.1 Å². The van der Waals surface area contributed by atoms with Crippen molar-refractivity contribution in [2.45, 2.75) is 12.5 Å². The van der Waals surface area contributed by atoms with E-state index in [1.807, 2.05) is 6.07 Å². The first-order valence-corrected chi connectivity index (χ1v) is 8.42. The molecule has 1 fully saturated rings. The average Bonchev–Trinajstić information content (AvgIpc) is 2.86. The molecule has 4 amide bonds. The Morgan fingerprint density at radius 3 is 2.59 bits per heavy atom. The third kappa shape index (κ3) is 3.35. The molecule has 0 radical (unpaired) electrons. The predicted molar refractivity (Wildman–Crippen MR) is 98.8 cm³/mol. The van der Waals surface area contributed by atoms with Gasteiger partial charge in [0.15, 0.2) is 0 Å². The summed E-state index contributed by atoms with van der Waals surface area (Å²) in [7, 11) is 0. The Kier molecular flexibility index (Phi) is 4.84. The molecule has 7 nitrogen and oxygen atoms in total. The number of hydrogen-bond acceptors (Lipinski definition) is 4. The maximum atomic E-state index is 12.9. The van der Waals surface area contributed by atoms with Gasteiger partial charge in [0.25, 0.3) is 5.91 Å². The lowest BCUT2D eigenvalue weighted by molar-refractivity contribution is -0.133. The summed E-state index contributed by atoms with van der Waals surface area (Å²) in [5.74, 6) is -1.17. The number of para-hydroxylation sites is 1. The summed E-state index contributed by atoms with van der Waals surface area (Å²) in [6.07, 6.45) is 0. The van der Waals surface area contributed by atoms with Gasteiger partial charge < -0.3 is 10.6 Å². The summed E-state index contributed by atoms with van der Waals surface area (Å²) >= 11 is 6.17. The minimum atomic E-state index is -1.36. The van der Waals surface area contributed by atoms with Crippen LogP contribution in [0.15, 0.2) is 48.5 Å². The number of nitriles is 1. The van der Waals surface area contributed by atoms with Crippen LogP contribution >= 0.6 is 11.6 Å². The highest BCUT2D eigenvalue weighted by atomic mass is 35.5. The van der Waals surface area contributed by atoms with Crippen LogP contribution in [0.5, 0.6) is 0 Å². The molecule has 0 spiro atoms. The summed E-state index contributed by atoms with van der Waals surface area (Å²) < 4.78 is 0. The van der Waals surface area contributed by atoms with Crippen LogP contribution in [0.2, 0.25) is 5.02 Å². The molecule has 27 heavy (non-hydrogen) atoms. The number of halogens is 1. The second-order valence-electron chi connectivity index (χ2n) is 6.13. The van der Waals surface area contributed by atoms with E-state index in [1.165, 1.54) is 6.92 Å². The zero-order valence-electron chi connectivity index (χ0n) is 14.3. The number of carbonyl (C=O) groups is 3. The fourth-order valence-electron chi connectivity index (χ4n) is 2.91. The van der Waals surface area contributed by atoms with Crippen molar-refractivity contribution in [3.8, 4) is 6.07 Å². The molecule has 0 saturated carbocycles. The number of benzene rings is 2. The third-order valence-corrected chi connectivity index (χ3v) is 4.64. The van der Waals surface area contributed by atoms with Crippen molar-refractivity contribution in [2.24, 2.45) is 0 Å². The Bertz CT molecular complexity index is 985. The minimum Gasteiger partial charge on any atom is -0.323 e. The van der Waals surface area contributed by atoms with Gasteiger partial charge in [0.1, 0.15) is 18.2 Å². The Morgan fingerprint density at radius 2 is 1.89 bits per heavy atom. The number of nitrogens with one attached hydrogen (secondary N) is 2. The van der Waals surface area contributed by atoms with Crippen LogP contribution in [0.4, 0.5) is 10.5 Å². The molecule has 3 rings (SSSR count). The molecule has 0 aliphatic carbocycles. The molecule has 1 heterocycles. The summed E-state index contributed by atoms with van der Waals surface area (Å²) in [6.45, 7) is 1.06. The molecule has 1 aliphatic heterocycles. The molecular formula is C19H15ClN4O3. The molecule has 1 aliphatic rings. The van der Waals surface area contributed by atoms with Crippen LogP contribution in [0.3, 0.4) is 0 Å². The molecule has 2 aromatic carbocycles. The molecule has 2 aromatic rings. The van der Waals surface area contributed by atoms with E-state index in [4.69, 9.17) is 16.9 Å². The van der Waals surface area contributed by atoms with E-state index in [0.717, 1.165) is 4.90 Å². The second-order valence-corrected chi connectivity index (χ2v) is 6.54. The van der Waals surface area contributed by atoms with Gasteiger partial charge in [-0.2, -0.15) is 5.26 Å². The van der Waals surface area contributed by atoms with Gasteiger partial charge in [-0.1, -0.05) is 41.9 Å². The topological polar surface area (TPSA) is 102 Å². The fraction of sp³-hybridized carbons (Fsp3) is 0.158. The zero-order chi connectivity index (χ0) is 19.6. The largest absolute Gasteiger partial charge is 0.325 e. The van der Waals surface area contributed by atoms with Crippen LogP contribution in [0.25, 0.3) is 0 Å². The quantitative estimate of drug-likeness (QED) is 0.793. The molecule has 2 N–H and O–H groups in total. The number of amides is 4. The zero-order valence-corrected chi connectivity index (χ0v) is 15.1. The standard InChI is InChI=1S/C19H15ClN4O3/c1-19(13-7-3-4-8-14(13)20)17(26)24(18(27)23-19)11-16(25)22-15-9-5-2-6-12(15)10-21/h2-9H,11H2,1H3,(H,22,25)(H,23,27)/t19-/m1/s1. The SMILES string of the molecule is C[C@]1(c2ccccc2Cl)NC(=O)N(CC(=O)Nc2ccccc2C#N)C1=O. The maximum absolute atomic E-state index is 12.9. The number of rotatable bonds is 4. The molecule has 136 valence electrons. The fourth-order valence-corrected chi connectivity index (χ4v) is 3.24. The molecule has 1 atom stereocenters. The van der Waals surface area contributed by atoms with Gasteiger partial charge in [0.2, 0.25) is 5.91 Å². The summed E-state index contributed by atoms with van der Waals surface area (Å²) in [6, 6.07) is 14.4. The van der Waals surface area contributed by atoms with E-state index in [1.54, 1.807) is 48.5 Å². The lowest BCUT2D eigenvalue weighted by Crippen LogP contribution is -2.42. The smallest absolute Gasteiger partial charge is 0.323 e. The van der Waals surface area contributed by atoms with Crippen molar-refractivity contribution in [3.05, 3.63) is 64.7 Å². The average molecular weight is 383 g/mol. The number of hydrogen-bond donors (Lipinski definition) is 2. The van der Waals surface area contributed by atoms with Gasteiger partial charge >= 0.3 is 6.03 Å². The minimum absolute atomic E-state index is 0.281. The number of anilines is 1. The molecule has 0 aromatic heterocycles. The van der Waals surface area contributed by atoms with Gasteiger partial charge in [-0.25, -0.2) is 4.79 Å². The Morgan fingerprint density at radius 1 is 1.22 bits per heavy atom. The molecule has 1 saturated heterocycles. The normalized spacial score (nSPS) is 18.8. The Balaban J connectivity index is 1.79. The van der Waals surface area contributed by atoms with Crippen molar-refractivity contribution in [1.29, 1.82) is 5.26 Å². The van der Waals surface area contributed by atoms with Gasteiger partial charge in [-0.15, -0.1) is 0 Å². The van der Waals surface area contributed by atoms with E-state index < -0.39 is 29.9 Å². The van der Waals surface area contributed by atoms with Gasteiger partial charge in [0.05, 0.1) is 11.3 Å². The summed E-state index contributed by atoms with van der Waals surface area (Å²) in [5.41, 5.74) is -0.321. The summed E-state index contributed by atoms with van der Waals surface area (Å²) in [5, 5.41) is 14.6. The monoisotopic (exact) mass is 382 g/mol. The van der Waals surface area contributed by atoms with Crippen molar-refractivity contribution in [1.82, 2.24) is 10.2 Å². The van der Waals surface area contributed by atoms with E-state index in [0.29, 0.717) is 16.3 Å². The number of urea groups is 1. The van der Waals surface area contributed by atoms with Crippen LogP contribution < -0.4 is 10.6 Å². The van der Waals surface area contributed by atoms with Crippen LogP contribution in [-0.2, 0) is 15.1 Å². The predicted octanol–water partition coefficient (Wildman–Crippen LogP) is 2.62. The van der Waals surface area contributed by atoms with E-state index in [2.05, 4.69) is 10.6 Å². The first-order chi connectivity index (χ1) is 12.9. The van der Waals surface area contributed by atoms with Gasteiger partial charge in [-0.05, 0) is 25.1 Å². The lowest BCUT2D eigenvalue weighted by atomic mass is 9.92. The van der Waals surface area contributed by atoms with Crippen LogP contribution in [0, 0.1) is 11.3 Å². The molecular weight excluding hydrogens is 368 g/mol. The van der Waals surface area contributed by atoms with Crippen molar-refractivity contribution in [3.63, 3.8) is 0 Å². The van der Waals surface area contributed by atoms with Gasteiger partial charge in [-0.3, -0.25) is 14.5 Å². The highest BCUT2D eigenvalue weighted by Gasteiger charge is 2.50. The summed E-state index contributed by atoms with van der Waals surface area (Å²) in [4.78, 5) is 38.3. The second kappa shape index (κ2) is 7.09. The highest BCUT2D eigenvalue weighted by Crippen LogP contribution is 2.33. The third-order valence-electron chi connectivity index (χ3n) is 4.31. The van der Waals surface area contributed by atoms with E-state index in [9.17, 15) is 14.4 Å². The van der Waals surface area contributed by atoms with Crippen LogP contribution in [0.1, 0.15) is 18.1 Å². The maximum Gasteiger partial charge on any atom is 0.325 e. The molecule has 0 unspecified atom stereocenters. The van der Waals surface area contributed by atoms with Crippen LogP contribution in [-0.4, -0.2) is 29.3 Å². The number of imide groups is 1. The van der Waals surface area contributed by atoms with Crippen molar-refractivity contribution in [2.75, 3.05) is 11.9 Å². The molecule has 0 bridgehead atoms. The first kappa shape index (κ1) is 18.4. The van der Waals surface area contributed by atoms with E-state index in [-0.39, 0.29) is 5.56 Å². The highest BCUT2D eigenvalue weighted by molar-refractivity contribution is 6.32. The van der Waals surface area contributed by atoms with E-state index >= 15 is 0 Å². The number of carbonyl (C=O) groups excluding carboxylic acids is 3. The molecule has 8 heteroatoms. The lowest BCUT2D eigenvalue weighted by Gasteiger charge is -2.23.